The van der Waals surface area contributed by atoms with Gasteiger partial charge in [-0.2, -0.15) is 4.31 Å². The van der Waals surface area contributed by atoms with Crippen molar-refractivity contribution in [3.8, 4) is 0 Å². The molecule has 0 atom stereocenters. The van der Waals surface area contributed by atoms with E-state index in [0.717, 1.165) is 0 Å². The summed E-state index contributed by atoms with van der Waals surface area (Å²) in [5, 5.41) is 11.3. The average Bonchev–Trinajstić information content (AvgIpc) is 2.61. The molecule has 1 aromatic rings. The van der Waals surface area contributed by atoms with Crippen LogP contribution in [0.5, 0.6) is 0 Å². The van der Waals surface area contributed by atoms with Gasteiger partial charge in [0.05, 0.1) is 11.3 Å². The number of amides is 1. The number of carboxylic acids is 1. The van der Waals surface area contributed by atoms with Crippen LogP contribution in [-0.4, -0.2) is 60.8 Å². The normalized spacial score (nSPS) is 11.5. The maximum Gasteiger partial charge on any atom is 0.304 e. The van der Waals surface area contributed by atoms with Crippen LogP contribution < -0.4 is 5.32 Å². The van der Waals surface area contributed by atoms with Crippen LogP contribution >= 0.6 is 21.6 Å². The molecule has 146 valence electrons. The van der Waals surface area contributed by atoms with Crippen molar-refractivity contribution in [2.24, 2.45) is 0 Å². The number of hydrogen-bond donors (Lipinski definition) is 2. The van der Waals surface area contributed by atoms with E-state index in [1.807, 2.05) is 0 Å². The SMILES string of the molecule is CCN(CC)S(=O)(=O)c1ccc(C(=O)NCCSSCCC(=O)O)cc1. The molecule has 0 aliphatic rings. The van der Waals surface area contributed by atoms with Crippen LogP contribution in [0.15, 0.2) is 29.2 Å². The van der Waals surface area contributed by atoms with E-state index in [0.29, 0.717) is 36.7 Å². The van der Waals surface area contributed by atoms with Gasteiger partial charge in [0, 0.05) is 36.7 Å². The highest BCUT2D eigenvalue weighted by Gasteiger charge is 2.21. The standard InChI is InChI=1S/C16H24N2O5S3/c1-3-18(4-2)26(22,23)14-7-5-13(6-8-14)16(21)17-10-12-25-24-11-9-15(19)20/h5-8H,3-4,9-12H2,1-2H3,(H,17,21)(H,19,20). The second kappa shape index (κ2) is 11.5. The number of sulfonamides is 1. The number of nitrogens with one attached hydrogen (secondary N) is 1. The number of benzene rings is 1. The van der Waals surface area contributed by atoms with Crippen molar-refractivity contribution in [2.45, 2.75) is 25.2 Å². The smallest absolute Gasteiger partial charge is 0.304 e. The van der Waals surface area contributed by atoms with Crippen LogP contribution in [0.25, 0.3) is 0 Å². The number of carbonyl (C=O) groups is 2. The number of carbonyl (C=O) groups excluding carboxylic acids is 1. The lowest BCUT2D eigenvalue weighted by Gasteiger charge is -2.18. The lowest BCUT2D eigenvalue weighted by Crippen LogP contribution is -2.30. The predicted molar refractivity (Wildman–Crippen MR) is 106 cm³/mol. The first-order valence-corrected chi connectivity index (χ1v) is 12.1. The topological polar surface area (TPSA) is 104 Å². The highest BCUT2D eigenvalue weighted by molar-refractivity contribution is 8.76. The Balaban J connectivity index is 2.48. The molecule has 0 heterocycles. The van der Waals surface area contributed by atoms with Gasteiger partial charge in [-0.25, -0.2) is 8.42 Å². The Morgan fingerprint density at radius 2 is 1.65 bits per heavy atom. The van der Waals surface area contributed by atoms with Gasteiger partial charge < -0.3 is 10.4 Å². The van der Waals surface area contributed by atoms with Crippen molar-refractivity contribution < 1.29 is 23.1 Å². The Morgan fingerprint density at radius 3 is 2.19 bits per heavy atom. The van der Waals surface area contributed by atoms with Crippen molar-refractivity contribution in [1.82, 2.24) is 9.62 Å². The number of carboxylic acid groups (broad SMARTS) is 1. The summed E-state index contributed by atoms with van der Waals surface area (Å²) in [6.45, 7) is 4.79. The molecule has 0 aliphatic heterocycles. The first-order chi connectivity index (χ1) is 12.3. The lowest BCUT2D eigenvalue weighted by atomic mass is 10.2. The summed E-state index contributed by atoms with van der Waals surface area (Å²) in [5.41, 5.74) is 0.395. The van der Waals surface area contributed by atoms with E-state index in [9.17, 15) is 18.0 Å². The Hall–Kier alpha value is -1.23. The molecular weight excluding hydrogens is 396 g/mol. The van der Waals surface area contributed by atoms with Gasteiger partial charge in [-0.3, -0.25) is 9.59 Å². The van der Waals surface area contributed by atoms with Gasteiger partial charge in [0.25, 0.3) is 5.91 Å². The van der Waals surface area contributed by atoms with Crippen molar-refractivity contribution in [2.75, 3.05) is 31.1 Å². The quantitative estimate of drug-likeness (QED) is 0.395. The third-order valence-corrected chi connectivity index (χ3v) is 7.89. The largest absolute Gasteiger partial charge is 0.481 e. The van der Waals surface area contributed by atoms with E-state index in [1.54, 1.807) is 13.8 Å². The van der Waals surface area contributed by atoms with Crippen molar-refractivity contribution in [3.05, 3.63) is 29.8 Å². The third kappa shape index (κ3) is 7.18. The fourth-order valence-corrected chi connectivity index (χ4v) is 5.39. The fourth-order valence-electron chi connectivity index (χ4n) is 2.05. The molecule has 0 aromatic heterocycles. The highest BCUT2D eigenvalue weighted by atomic mass is 33.1. The molecule has 0 unspecified atom stereocenters. The Morgan fingerprint density at radius 1 is 1.08 bits per heavy atom. The minimum Gasteiger partial charge on any atom is -0.481 e. The summed E-state index contributed by atoms with van der Waals surface area (Å²) in [5.74, 6) is 0.0895. The van der Waals surface area contributed by atoms with Crippen LogP contribution in [0.4, 0.5) is 0 Å². The van der Waals surface area contributed by atoms with Crippen LogP contribution in [0.3, 0.4) is 0 Å². The molecule has 1 aromatic carbocycles. The molecule has 0 spiro atoms. The van der Waals surface area contributed by atoms with Gasteiger partial charge >= 0.3 is 5.97 Å². The minimum absolute atomic E-state index is 0.118. The molecule has 0 saturated carbocycles. The average molecular weight is 421 g/mol. The van der Waals surface area contributed by atoms with Crippen LogP contribution in [0, 0.1) is 0 Å². The van der Waals surface area contributed by atoms with Crippen LogP contribution in [0.2, 0.25) is 0 Å². The number of rotatable bonds is 12. The molecule has 10 heteroatoms. The number of aliphatic carboxylic acids is 1. The summed E-state index contributed by atoms with van der Waals surface area (Å²) < 4.78 is 26.2. The number of nitrogens with zero attached hydrogens (tertiary/aromatic N) is 1. The van der Waals surface area contributed by atoms with Crippen LogP contribution in [0.1, 0.15) is 30.6 Å². The molecule has 0 bridgehead atoms. The molecule has 26 heavy (non-hydrogen) atoms. The van der Waals surface area contributed by atoms with Gasteiger partial charge in [-0.05, 0) is 24.3 Å². The molecule has 0 radical (unpaired) electrons. The minimum atomic E-state index is -3.53. The summed E-state index contributed by atoms with van der Waals surface area (Å²) >= 11 is 0. The monoisotopic (exact) mass is 420 g/mol. The maximum absolute atomic E-state index is 12.4. The molecule has 1 rings (SSSR count). The fraction of sp³-hybridized carbons (Fsp3) is 0.500. The van der Waals surface area contributed by atoms with E-state index >= 15 is 0 Å². The molecule has 7 nitrogen and oxygen atoms in total. The highest BCUT2D eigenvalue weighted by Crippen LogP contribution is 2.21. The molecule has 2 N–H and O–H groups in total. The van der Waals surface area contributed by atoms with Crippen molar-refractivity contribution >= 4 is 43.5 Å². The molecule has 0 aliphatic carbocycles. The third-order valence-electron chi connectivity index (χ3n) is 3.41. The summed E-state index contributed by atoms with van der Waals surface area (Å²) in [7, 11) is -0.572. The lowest BCUT2D eigenvalue weighted by molar-refractivity contribution is -0.136. The Labute approximate surface area is 162 Å². The molecule has 0 saturated heterocycles. The summed E-state index contributed by atoms with van der Waals surface area (Å²) in [6.07, 6.45) is 0.118. The maximum atomic E-state index is 12.4. The van der Waals surface area contributed by atoms with Gasteiger partial charge in [-0.15, -0.1) is 0 Å². The van der Waals surface area contributed by atoms with Gasteiger partial charge in [0.1, 0.15) is 0 Å². The Kier molecular flexibility index (Phi) is 10.1. The van der Waals surface area contributed by atoms with Gasteiger partial charge in [0.15, 0.2) is 0 Å². The summed E-state index contributed by atoms with van der Waals surface area (Å²) in [6, 6.07) is 5.89. The zero-order valence-corrected chi connectivity index (χ0v) is 17.3. The van der Waals surface area contributed by atoms with E-state index in [4.69, 9.17) is 5.11 Å². The molecule has 1 amide bonds. The van der Waals surface area contributed by atoms with Gasteiger partial charge in [0.2, 0.25) is 10.0 Å². The molecule has 0 fully saturated rings. The second-order valence-electron chi connectivity index (χ2n) is 5.16. The second-order valence-corrected chi connectivity index (χ2v) is 9.80. The zero-order valence-electron chi connectivity index (χ0n) is 14.8. The Bertz CT molecular complexity index is 688. The molecular formula is C16H24N2O5S3. The van der Waals surface area contributed by atoms with Crippen LogP contribution in [-0.2, 0) is 14.8 Å². The van der Waals surface area contributed by atoms with E-state index < -0.39 is 16.0 Å². The summed E-state index contributed by atoms with van der Waals surface area (Å²) in [4.78, 5) is 22.6. The first kappa shape index (κ1) is 22.8. The first-order valence-electron chi connectivity index (χ1n) is 8.17. The van der Waals surface area contributed by atoms with Gasteiger partial charge in [-0.1, -0.05) is 35.4 Å². The number of hydrogen-bond acceptors (Lipinski definition) is 6. The van der Waals surface area contributed by atoms with E-state index in [2.05, 4.69) is 5.32 Å². The van der Waals surface area contributed by atoms with Crippen molar-refractivity contribution in [1.29, 1.82) is 0 Å². The van der Waals surface area contributed by atoms with Crippen molar-refractivity contribution in [3.63, 3.8) is 0 Å². The van der Waals surface area contributed by atoms with E-state index in [-0.39, 0.29) is 17.2 Å². The zero-order chi connectivity index (χ0) is 19.6. The van der Waals surface area contributed by atoms with E-state index in [1.165, 1.54) is 50.2 Å². The predicted octanol–water partition coefficient (Wildman–Crippen LogP) is 2.30.